The Morgan fingerprint density at radius 2 is 1.81 bits per heavy atom. The summed E-state index contributed by atoms with van der Waals surface area (Å²) in [4.78, 5) is 0. The molecule has 1 unspecified atom stereocenters. The van der Waals surface area contributed by atoms with Crippen LogP contribution in [0.3, 0.4) is 0 Å². The van der Waals surface area contributed by atoms with Gasteiger partial charge in [0.25, 0.3) is 0 Å². The minimum Gasteiger partial charge on any atom is -0.310 e. The zero-order valence-electron chi connectivity index (χ0n) is 10.1. The van der Waals surface area contributed by atoms with Crippen molar-refractivity contribution in [3.63, 3.8) is 0 Å². The first kappa shape index (κ1) is 14.2. The molecule has 0 amide bonds. The summed E-state index contributed by atoms with van der Waals surface area (Å²) in [5.74, 6) is 0.749. The van der Waals surface area contributed by atoms with Crippen LogP contribution in [0.4, 0.5) is 0 Å². The van der Waals surface area contributed by atoms with Gasteiger partial charge in [-0.3, -0.25) is 0 Å². The van der Waals surface area contributed by atoms with E-state index in [9.17, 15) is 0 Å². The Bertz CT molecular complexity index is 337. The average molecular weight is 349 g/mol. The molecule has 1 aromatic carbocycles. The molecule has 0 radical (unpaired) electrons. The molecule has 16 heavy (non-hydrogen) atoms. The van der Waals surface area contributed by atoms with Gasteiger partial charge in [0.1, 0.15) is 0 Å². The van der Waals surface area contributed by atoms with E-state index in [0.717, 1.165) is 21.4 Å². The van der Waals surface area contributed by atoms with E-state index in [-0.39, 0.29) is 0 Å². The zero-order valence-corrected chi connectivity index (χ0v) is 13.2. The topological polar surface area (TPSA) is 12.0 Å². The SMILES string of the molecule is CC(C)CC(C)NCc1ccc(Br)c(Br)c1. The second-order valence-electron chi connectivity index (χ2n) is 4.66. The Balaban J connectivity index is 2.45. The normalized spacial score (nSPS) is 13.1. The first-order valence-corrected chi connectivity index (χ1v) is 7.25. The van der Waals surface area contributed by atoms with E-state index in [1.165, 1.54) is 12.0 Å². The highest BCUT2D eigenvalue weighted by Gasteiger charge is 2.05. The molecule has 1 nitrogen and oxygen atoms in total. The maximum absolute atomic E-state index is 3.54. The van der Waals surface area contributed by atoms with Gasteiger partial charge in [-0.25, -0.2) is 0 Å². The number of hydrogen-bond donors (Lipinski definition) is 1. The largest absolute Gasteiger partial charge is 0.310 e. The van der Waals surface area contributed by atoms with Gasteiger partial charge in [0.15, 0.2) is 0 Å². The fraction of sp³-hybridized carbons (Fsp3) is 0.538. The minimum atomic E-state index is 0.572. The van der Waals surface area contributed by atoms with Crippen molar-refractivity contribution in [2.45, 2.75) is 39.8 Å². The monoisotopic (exact) mass is 347 g/mol. The first-order valence-electron chi connectivity index (χ1n) is 5.66. The number of nitrogens with one attached hydrogen (secondary N) is 1. The minimum absolute atomic E-state index is 0.572. The lowest BCUT2D eigenvalue weighted by Crippen LogP contribution is -2.26. The molecule has 0 aromatic heterocycles. The average Bonchev–Trinajstić information content (AvgIpc) is 2.19. The van der Waals surface area contributed by atoms with E-state index in [2.05, 4.69) is 76.1 Å². The molecule has 0 saturated heterocycles. The van der Waals surface area contributed by atoms with Crippen LogP contribution in [0.5, 0.6) is 0 Å². The van der Waals surface area contributed by atoms with Crippen LogP contribution in [-0.4, -0.2) is 6.04 Å². The third-order valence-corrected chi connectivity index (χ3v) is 4.34. The van der Waals surface area contributed by atoms with Gasteiger partial charge in [-0.1, -0.05) is 19.9 Å². The molecule has 0 aliphatic carbocycles. The summed E-state index contributed by atoms with van der Waals surface area (Å²) in [6.07, 6.45) is 1.22. The van der Waals surface area contributed by atoms with E-state index < -0.39 is 0 Å². The number of rotatable bonds is 5. The van der Waals surface area contributed by atoms with Crippen molar-refractivity contribution >= 4 is 31.9 Å². The van der Waals surface area contributed by atoms with E-state index in [1.54, 1.807) is 0 Å². The van der Waals surface area contributed by atoms with Crippen LogP contribution in [0.2, 0.25) is 0 Å². The van der Waals surface area contributed by atoms with Crippen LogP contribution < -0.4 is 5.32 Å². The van der Waals surface area contributed by atoms with Crippen molar-refractivity contribution in [1.29, 1.82) is 0 Å². The Labute approximate surface area is 115 Å². The summed E-state index contributed by atoms with van der Waals surface area (Å²) in [5.41, 5.74) is 1.31. The molecular formula is C13H19Br2N. The summed E-state index contributed by atoms with van der Waals surface area (Å²) >= 11 is 6.99. The molecule has 0 saturated carbocycles. The van der Waals surface area contributed by atoms with E-state index in [4.69, 9.17) is 0 Å². The Hall–Kier alpha value is 0.140. The lowest BCUT2D eigenvalue weighted by molar-refractivity contribution is 0.441. The third kappa shape index (κ3) is 4.98. The van der Waals surface area contributed by atoms with Gasteiger partial charge in [0.05, 0.1) is 0 Å². The molecule has 1 N–H and O–H groups in total. The van der Waals surface area contributed by atoms with Crippen LogP contribution in [0.1, 0.15) is 32.8 Å². The summed E-state index contributed by atoms with van der Waals surface area (Å²) in [6.45, 7) is 7.69. The summed E-state index contributed by atoms with van der Waals surface area (Å²) in [7, 11) is 0. The van der Waals surface area contributed by atoms with E-state index in [1.807, 2.05) is 0 Å². The van der Waals surface area contributed by atoms with Crippen molar-refractivity contribution in [3.8, 4) is 0 Å². The van der Waals surface area contributed by atoms with Crippen LogP contribution in [0, 0.1) is 5.92 Å². The fourth-order valence-corrected chi connectivity index (χ4v) is 2.40. The predicted octanol–water partition coefficient (Wildman–Crippen LogP) is 4.74. The van der Waals surface area contributed by atoms with Crippen molar-refractivity contribution in [2.24, 2.45) is 5.92 Å². The van der Waals surface area contributed by atoms with Gasteiger partial charge >= 0.3 is 0 Å². The fourth-order valence-electron chi connectivity index (χ4n) is 1.73. The van der Waals surface area contributed by atoms with E-state index in [0.29, 0.717) is 6.04 Å². The van der Waals surface area contributed by atoms with E-state index >= 15 is 0 Å². The maximum Gasteiger partial charge on any atom is 0.0320 e. The smallest absolute Gasteiger partial charge is 0.0320 e. The molecule has 0 bridgehead atoms. The van der Waals surface area contributed by atoms with Crippen LogP contribution >= 0.6 is 31.9 Å². The highest BCUT2D eigenvalue weighted by atomic mass is 79.9. The zero-order chi connectivity index (χ0) is 12.1. The summed E-state index contributed by atoms with van der Waals surface area (Å²) in [5, 5.41) is 3.54. The lowest BCUT2D eigenvalue weighted by atomic mass is 10.1. The van der Waals surface area contributed by atoms with Crippen LogP contribution in [-0.2, 0) is 6.54 Å². The predicted molar refractivity (Wildman–Crippen MR) is 77.6 cm³/mol. The highest BCUT2D eigenvalue weighted by molar-refractivity contribution is 9.13. The number of halogens is 2. The van der Waals surface area contributed by atoms with Crippen molar-refractivity contribution in [2.75, 3.05) is 0 Å². The summed E-state index contributed by atoms with van der Waals surface area (Å²) in [6, 6.07) is 6.94. The molecule has 3 heteroatoms. The molecule has 0 heterocycles. The summed E-state index contributed by atoms with van der Waals surface area (Å²) < 4.78 is 2.22. The third-order valence-electron chi connectivity index (χ3n) is 2.46. The molecule has 1 rings (SSSR count). The lowest BCUT2D eigenvalue weighted by Gasteiger charge is -2.16. The first-order chi connectivity index (χ1) is 7.49. The Morgan fingerprint density at radius 1 is 1.12 bits per heavy atom. The van der Waals surface area contributed by atoms with Crippen LogP contribution in [0.15, 0.2) is 27.1 Å². The second kappa shape index (κ2) is 6.77. The van der Waals surface area contributed by atoms with Crippen molar-refractivity contribution in [1.82, 2.24) is 5.32 Å². The molecule has 0 spiro atoms. The van der Waals surface area contributed by atoms with Gasteiger partial charge in [0, 0.05) is 21.5 Å². The number of hydrogen-bond acceptors (Lipinski definition) is 1. The van der Waals surface area contributed by atoms with Gasteiger partial charge in [-0.15, -0.1) is 0 Å². The highest BCUT2D eigenvalue weighted by Crippen LogP contribution is 2.23. The molecule has 1 atom stereocenters. The van der Waals surface area contributed by atoms with Crippen molar-refractivity contribution in [3.05, 3.63) is 32.7 Å². The van der Waals surface area contributed by atoms with Crippen LogP contribution in [0.25, 0.3) is 0 Å². The quantitative estimate of drug-likeness (QED) is 0.810. The molecule has 90 valence electrons. The van der Waals surface area contributed by atoms with Crippen molar-refractivity contribution < 1.29 is 0 Å². The second-order valence-corrected chi connectivity index (χ2v) is 6.37. The maximum atomic E-state index is 3.54. The Morgan fingerprint density at radius 3 is 2.38 bits per heavy atom. The van der Waals surface area contributed by atoms with Gasteiger partial charge in [-0.2, -0.15) is 0 Å². The standard InChI is InChI=1S/C13H19Br2N/c1-9(2)6-10(3)16-8-11-4-5-12(14)13(15)7-11/h4-5,7,9-10,16H,6,8H2,1-3H3. The molecule has 0 fully saturated rings. The molecule has 1 aromatic rings. The van der Waals surface area contributed by atoms with Gasteiger partial charge < -0.3 is 5.32 Å². The Kier molecular flexibility index (Phi) is 6.01. The van der Waals surface area contributed by atoms with Gasteiger partial charge in [-0.05, 0) is 68.8 Å². The molecular weight excluding hydrogens is 330 g/mol. The van der Waals surface area contributed by atoms with Gasteiger partial charge in [0.2, 0.25) is 0 Å². The number of benzene rings is 1. The molecule has 0 aliphatic heterocycles. The molecule has 0 aliphatic rings.